The van der Waals surface area contributed by atoms with E-state index in [1.54, 1.807) is 37.7 Å². The Kier molecular flexibility index (Phi) is 26.0. The summed E-state index contributed by atoms with van der Waals surface area (Å²) in [6.07, 6.45) is -3.26. The minimum atomic E-state index is -2.42. The summed E-state index contributed by atoms with van der Waals surface area (Å²) in [5, 5.41) is 56.7. The number of aromatic nitrogens is 1. The number of nitrogens with one attached hydrogen (secondary N) is 7. The Labute approximate surface area is 515 Å². The van der Waals surface area contributed by atoms with Gasteiger partial charge in [-0.15, -0.1) is 0 Å². The predicted octanol–water partition coefficient (Wildman–Crippen LogP) is -2.16. The number of benzene rings is 1. The number of primary amides is 1. The van der Waals surface area contributed by atoms with E-state index in [0.29, 0.717) is 74.0 Å². The second kappa shape index (κ2) is 32.6. The zero-order chi connectivity index (χ0) is 64.7. The maximum Gasteiger partial charge on any atom is 0.306 e. The van der Waals surface area contributed by atoms with E-state index in [2.05, 4.69) is 36.9 Å². The van der Waals surface area contributed by atoms with Gasteiger partial charge in [-0.05, 0) is 42.9 Å². The number of carboxylic acid groups (broad SMARTS) is 1. The zero-order valence-corrected chi connectivity index (χ0v) is 51.9. The molecular weight excluding hydrogens is 1190 g/mol. The molecule has 8 amide bonds. The molecule has 0 radical (unpaired) electrons. The van der Waals surface area contributed by atoms with Crippen LogP contribution in [-0.4, -0.2) is 217 Å². The van der Waals surface area contributed by atoms with Crippen molar-refractivity contribution in [2.45, 2.75) is 151 Å². The highest BCUT2D eigenvalue weighted by atomic mass is 32.2. The van der Waals surface area contributed by atoms with Crippen molar-refractivity contribution in [2.24, 2.45) is 35.3 Å². The molecule has 13 N–H and O–H groups in total. The van der Waals surface area contributed by atoms with E-state index < -0.39 is 193 Å². The van der Waals surface area contributed by atoms with Crippen molar-refractivity contribution in [2.75, 3.05) is 65.3 Å². The molecule has 28 nitrogen and oxygen atoms in total. The van der Waals surface area contributed by atoms with E-state index >= 15 is 4.21 Å². The van der Waals surface area contributed by atoms with Gasteiger partial charge in [0, 0.05) is 98.0 Å². The number of unbranched alkanes of at least 4 members (excludes halogenated alkanes) is 2. The molecule has 2 aromatic rings. The van der Waals surface area contributed by atoms with E-state index in [-0.39, 0.29) is 52.7 Å². The van der Waals surface area contributed by atoms with E-state index in [1.165, 1.54) is 21.0 Å². The molecule has 0 spiro atoms. The largest absolute Gasteiger partial charge is 0.496 e. The van der Waals surface area contributed by atoms with Crippen LogP contribution in [0.5, 0.6) is 5.75 Å². The minimum Gasteiger partial charge on any atom is -0.496 e. The number of aliphatic hydroxyl groups excluding tert-OH is 3. The monoisotopic (exact) mass is 1270 g/mol. The number of ether oxygens (including phenoxy) is 1. The van der Waals surface area contributed by atoms with Gasteiger partial charge in [0.2, 0.25) is 47.3 Å². The number of carbonyl (C=O) groups excluding carboxylic acids is 11. The average molecular weight is 1270 g/mol. The van der Waals surface area contributed by atoms with Crippen LogP contribution in [-0.2, 0) is 80.5 Å². The van der Waals surface area contributed by atoms with Crippen molar-refractivity contribution in [3.63, 3.8) is 0 Å². The molecule has 2 bridgehead atoms. The number of rotatable bonds is 22. The normalized spacial score (nSPS) is 25.6. The van der Waals surface area contributed by atoms with Gasteiger partial charge in [-0.25, -0.2) is 0 Å². The second-order valence-electron chi connectivity index (χ2n) is 23.5. The summed E-state index contributed by atoms with van der Waals surface area (Å²) in [7, 11) is -0.972. The lowest BCUT2D eigenvalue weighted by Crippen LogP contribution is -2.60. The molecule has 2 unspecified atom stereocenters. The van der Waals surface area contributed by atoms with Crippen molar-refractivity contribution in [3.05, 3.63) is 23.3 Å². The third kappa shape index (κ3) is 18.8. The number of ketones is 3. The zero-order valence-electron chi connectivity index (χ0n) is 50.2. The van der Waals surface area contributed by atoms with Gasteiger partial charge in [-0.3, -0.25) is 66.6 Å². The van der Waals surface area contributed by atoms with Crippen molar-refractivity contribution >= 4 is 104 Å². The Hall–Kier alpha value is -6.86. The number of aliphatic hydroxyl groups is 3. The molecule has 88 heavy (non-hydrogen) atoms. The molecule has 5 heterocycles. The fraction of sp³-hybridized carbons (Fsp3) is 0.655. The van der Waals surface area contributed by atoms with Gasteiger partial charge in [0.15, 0.2) is 11.6 Å². The molecule has 30 heteroatoms. The van der Waals surface area contributed by atoms with Gasteiger partial charge in [-0.1, -0.05) is 40.5 Å². The molecule has 12 atom stereocenters. The fourth-order valence-electron chi connectivity index (χ4n) is 11.3. The number of nitrogens with two attached hydrogens (primary N) is 1. The number of carboxylic acids is 1. The number of fused-ring (bicyclic) bond motifs is 5. The molecule has 2 saturated heterocycles. The first-order valence-corrected chi connectivity index (χ1v) is 32.1. The Morgan fingerprint density at radius 3 is 2.28 bits per heavy atom. The molecule has 486 valence electrons. The van der Waals surface area contributed by atoms with Crippen molar-refractivity contribution in [3.8, 4) is 5.75 Å². The van der Waals surface area contributed by atoms with Crippen LogP contribution in [0.1, 0.15) is 103 Å². The first-order valence-electron chi connectivity index (χ1n) is 29.7. The van der Waals surface area contributed by atoms with Crippen LogP contribution in [0.3, 0.4) is 0 Å². The van der Waals surface area contributed by atoms with Crippen LogP contribution in [0, 0.1) is 29.6 Å². The van der Waals surface area contributed by atoms with Crippen LogP contribution in [0.15, 0.2) is 17.2 Å². The van der Waals surface area contributed by atoms with E-state index in [1.807, 2.05) is 4.90 Å². The Morgan fingerprint density at radius 1 is 0.898 bits per heavy atom. The number of thioether (sulfide) groups is 1. The predicted molar refractivity (Wildman–Crippen MR) is 319 cm³/mol. The number of methoxy groups -OCH3 is 1. The van der Waals surface area contributed by atoms with Gasteiger partial charge in [0.1, 0.15) is 34.7 Å². The quantitative estimate of drug-likeness (QED) is 0.0559. The maximum absolute atomic E-state index is 15.4. The van der Waals surface area contributed by atoms with Crippen LogP contribution in [0.4, 0.5) is 0 Å². The second-order valence-corrected chi connectivity index (χ2v) is 26.2. The molecule has 1 aromatic heterocycles. The van der Waals surface area contributed by atoms with Crippen molar-refractivity contribution in [1.82, 2.24) is 46.7 Å². The molecule has 6 rings (SSSR count). The van der Waals surface area contributed by atoms with E-state index in [4.69, 9.17) is 15.6 Å². The number of likely N-dealkylation sites (tertiary alicyclic amines) is 1. The number of aromatic amines is 1. The number of hydrogen-bond acceptors (Lipinski definition) is 19. The summed E-state index contributed by atoms with van der Waals surface area (Å²) in [5.74, 6) is -14.8. The van der Waals surface area contributed by atoms with Crippen molar-refractivity contribution < 1.29 is 86.9 Å². The highest BCUT2D eigenvalue weighted by Gasteiger charge is 2.45. The Balaban J connectivity index is 1.38. The number of amides is 8. The van der Waals surface area contributed by atoms with Crippen LogP contribution >= 0.6 is 11.8 Å². The number of nitrogens with zero attached hydrogens (tertiary/aromatic N) is 2. The first-order chi connectivity index (χ1) is 41.7. The number of carbonyl (C=O) groups is 12. The highest BCUT2D eigenvalue weighted by molar-refractivity contribution is 7.99. The Bertz CT molecular complexity index is 2970. The molecule has 0 aliphatic carbocycles. The molecule has 2 fully saturated rings. The Morgan fingerprint density at radius 2 is 1.61 bits per heavy atom. The lowest BCUT2D eigenvalue weighted by atomic mass is 9.85. The van der Waals surface area contributed by atoms with Crippen LogP contribution in [0.2, 0.25) is 0 Å². The summed E-state index contributed by atoms with van der Waals surface area (Å²) in [4.78, 5) is 170. The standard InChI is InChI=1S/C58H84N10O18S2/c1-6-29(2)38-17-34(71)20-61-52(78)32-15-39-37-11-12-46(86-5)40(27-87-36-24-67(25-36)22-33(70)10-8-7-9-13-60-48(76)14-30(3)58(83)84)51(37)66-56(39)88(85)28-42(63-49(77)21-62-53(38)79)54(80)64-41(19-47(59)75)57(82)68-23-35(72)18-43(68)55(81)65-50(44(73)16-32)31(4)45(74)26-69/h11-12,29-32,35-36,38,41-43,45,50,66,69,72,74H,6-10,13-28H2,1-5H3,(H2,59,75)(H,60,76)(H,61,78)(H,62,79)(H,63,77)(H,64,80)(H,65,81)(H,83,84)/t29-,30?,31-,32+,35+,38-,41-,42-,43-,45-,50-,88?/m0/s1. The van der Waals surface area contributed by atoms with Crippen LogP contribution < -0.4 is 42.4 Å². The third-order valence-electron chi connectivity index (χ3n) is 16.8. The fourth-order valence-corrected chi connectivity index (χ4v) is 14.0. The summed E-state index contributed by atoms with van der Waals surface area (Å²) in [6, 6.07) is -3.68. The van der Waals surface area contributed by atoms with Crippen molar-refractivity contribution in [1.29, 1.82) is 0 Å². The van der Waals surface area contributed by atoms with Crippen LogP contribution in [0.25, 0.3) is 10.9 Å². The number of hydrogen-bond donors (Lipinski definition) is 12. The average Bonchev–Trinajstić information content (AvgIpc) is 4.09. The maximum atomic E-state index is 15.4. The van der Waals surface area contributed by atoms with Gasteiger partial charge < -0.3 is 72.7 Å². The van der Waals surface area contributed by atoms with Gasteiger partial charge in [0.05, 0.1) is 86.0 Å². The first kappa shape index (κ1) is 70.2. The van der Waals surface area contributed by atoms with E-state index in [9.17, 15) is 72.9 Å². The molecular formula is C58H84N10O18S2. The minimum absolute atomic E-state index is 0.0390. The summed E-state index contributed by atoms with van der Waals surface area (Å²) < 4.78 is 21.2. The molecule has 4 aliphatic rings. The number of Topliss-reactive ketones (excluding diaryl/α,β-unsaturated/α-hetero) is 3. The smallest absolute Gasteiger partial charge is 0.306 e. The lowest BCUT2D eigenvalue weighted by molar-refractivity contribution is -0.144. The van der Waals surface area contributed by atoms with Gasteiger partial charge >= 0.3 is 5.97 Å². The number of aliphatic carboxylic acids is 1. The highest BCUT2D eigenvalue weighted by Crippen LogP contribution is 2.39. The summed E-state index contributed by atoms with van der Waals surface area (Å²) in [5.41, 5.74) is 6.72. The molecule has 0 saturated carbocycles. The summed E-state index contributed by atoms with van der Waals surface area (Å²) in [6.45, 7) is 5.27. The third-order valence-corrected chi connectivity index (χ3v) is 19.5. The van der Waals surface area contributed by atoms with Gasteiger partial charge in [0.25, 0.3) is 0 Å². The molecule has 1 aromatic carbocycles. The number of H-pyrrole nitrogens is 1. The molecule has 4 aliphatic heterocycles. The SMILES string of the molecule is CC[C@H](C)[C@@H]1CC(=O)CNC(=O)[C@H]2CC(=O)[C@H]([C@@H](C)[C@@H](O)CO)NC(=O)[C@@H]3C[C@@H](O)CN3C(=O)[C@H](CC(N)=O)NC(=O)[C@H](CS(=O)c3[nH]c4c(CSC5CN(CC(=O)CCCCCNC(=O)CC(C)C(=O)O)C5)c(OC)ccc4c3C2)NC(=O)CNC1=O. The lowest BCUT2D eigenvalue weighted by Gasteiger charge is -2.38. The summed E-state index contributed by atoms with van der Waals surface area (Å²) >= 11 is 1.54. The van der Waals surface area contributed by atoms with Gasteiger partial charge in [-0.2, -0.15) is 11.8 Å². The topological polar surface area (TPSA) is 433 Å². The van der Waals surface area contributed by atoms with E-state index in [0.717, 1.165) is 4.90 Å².